The number of benzene rings is 1. The number of nitrogens with zero attached hydrogens (tertiary/aromatic N) is 5. The average Bonchev–Trinajstić information content (AvgIpc) is 3.22. The van der Waals surface area contributed by atoms with E-state index in [2.05, 4.69) is 66.4 Å². The van der Waals surface area contributed by atoms with Gasteiger partial charge in [0.1, 0.15) is 11.6 Å². The van der Waals surface area contributed by atoms with Gasteiger partial charge in [0.15, 0.2) is 0 Å². The summed E-state index contributed by atoms with van der Waals surface area (Å²) in [5.74, 6) is 1.77. The van der Waals surface area contributed by atoms with Crippen molar-refractivity contribution in [2.75, 3.05) is 36.5 Å². The molecule has 4 heterocycles. The van der Waals surface area contributed by atoms with Gasteiger partial charge in [-0.3, -0.25) is 4.68 Å². The Kier molecular flexibility index (Phi) is 4.96. The minimum absolute atomic E-state index is 0.567. The van der Waals surface area contributed by atoms with Crippen LogP contribution in [-0.4, -0.2) is 46.1 Å². The molecule has 1 aliphatic carbocycles. The number of ether oxygens (including phenoxy) is 1. The number of pyridine rings is 2. The third-order valence-electron chi connectivity index (χ3n) is 6.46. The summed E-state index contributed by atoms with van der Waals surface area (Å²) in [4.78, 5) is 11.3. The van der Waals surface area contributed by atoms with Crippen LogP contribution in [0.5, 0.6) is 0 Å². The molecule has 0 atom stereocenters. The number of aromatic nitrogens is 4. The minimum Gasteiger partial charge on any atom is -0.378 e. The Morgan fingerprint density at radius 1 is 0.906 bits per heavy atom. The van der Waals surface area contributed by atoms with Gasteiger partial charge < -0.3 is 15.0 Å². The van der Waals surface area contributed by atoms with Gasteiger partial charge in [0.25, 0.3) is 0 Å². The van der Waals surface area contributed by atoms with Crippen LogP contribution in [0, 0.1) is 0 Å². The third-order valence-corrected chi connectivity index (χ3v) is 6.46. The lowest BCUT2D eigenvalue weighted by Crippen LogP contribution is -2.36. The smallest absolute Gasteiger partial charge is 0.130 e. The molecule has 0 unspecified atom stereocenters. The zero-order valence-electron chi connectivity index (χ0n) is 17.9. The molecular weight excluding hydrogens is 400 g/mol. The predicted octanol–water partition coefficient (Wildman–Crippen LogP) is 4.80. The van der Waals surface area contributed by atoms with Gasteiger partial charge in [-0.25, -0.2) is 9.97 Å². The van der Waals surface area contributed by atoms with Gasteiger partial charge in [0, 0.05) is 42.6 Å². The molecule has 7 heteroatoms. The number of nitrogens with one attached hydrogen (secondary N) is 1. The van der Waals surface area contributed by atoms with Crippen molar-refractivity contribution >= 4 is 28.2 Å². The standard InChI is InChI=1S/C25H26N6O/c1-2-22(3-1)31-23-5-4-18(14-20(23)17-28-31)19-6-8-26-24(15-19)29-21-7-9-27-25(16-21)30-10-12-32-13-11-30/h4-9,14-17,22H,1-3,10-13H2,(H,26,27,29). The summed E-state index contributed by atoms with van der Waals surface area (Å²) in [5.41, 5.74) is 4.49. The normalized spacial score (nSPS) is 16.8. The van der Waals surface area contributed by atoms with E-state index in [9.17, 15) is 0 Å². The molecule has 0 radical (unpaired) electrons. The average molecular weight is 427 g/mol. The highest BCUT2D eigenvalue weighted by molar-refractivity contribution is 5.85. The van der Waals surface area contributed by atoms with Gasteiger partial charge in [-0.15, -0.1) is 0 Å². The summed E-state index contributed by atoms with van der Waals surface area (Å²) in [5, 5.41) is 9.27. The number of fused-ring (bicyclic) bond motifs is 1. The maximum atomic E-state index is 5.45. The van der Waals surface area contributed by atoms with Crippen molar-refractivity contribution in [2.24, 2.45) is 0 Å². The Hall–Kier alpha value is -3.45. The molecule has 162 valence electrons. The monoisotopic (exact) mass is 426 g/mol. The van der Waals surface area contributed by atoms with E-state index in [1.807, 2.05) is 24.7 Å². The first kappa shape index (κ1) is 19.3. The van der Waals surface area contributed by atoms with E-state index in [0.29, 0.717) is 6.04 Å². The molecule has 4 aromatic rings. The van der Waals surface area contributed by atoms with Crippen LogP contribution in [0.2, 0.25) is 0 Å². The number of hydrogen-bond donors (Lipinski definition) is 1. The quantitative estimate of drug-likeness (QED) is 0.494. The molecule has 1 saturated carbocycles. The fourth-order valence-corrected chi connectivity index (χ4v) is 4.44. The van der Waals surface area contributed by atoms with Crippen LogP contribution in [-0.2, 0) is 4.74 Å². The van der Waals surface area contributed by atoms with Gasteiger partial charge in [0.05, 0.1) is 31.0 Å². The van der Waals surface area contributed by atoms with Gasteiger partial charge in [0.2, 0.25) is 0 Å². The van der Waals surface area contributed by atoms with Crippen LogP contribution in [0.15, 0.2) is 61.1 Å². The second-order valence-corrected chi connectivity index (χ2v) is 8.50. The van der Waals surface area contributed by atoms with E-state index >= 15 is 0 Å². The molecule has 32 heavy (non-hydrogen) atoms. The first-order chi connectivity index (χ1) is 15.8. The number of rotatable bonds is 5. The Bertz CT molecular complexity index is 1240. The summed E-state index contributed by atoms with van der Waals surface area (Å²) in [7, 11) is 0. The maximum absolute atomic E-state index is 5.45. The van der Waals surface area contributed by atoms with E-state index in [-0.39, 0.29) is 0 Å². The molecule has 1 saturated heterocycles. The van der Waals surface area contributed by atoms with Crippen molar-refractivity contribution in [2.45, 2.75) is 25.3 Å². The van der Waals surface area contributed by atoms with Gasteiger partial charge in [-0.2, -0.15) is 5.10 Å². The fraction of sp³-hybridized carbons (Fsp3) is 0.320. The van der Waals surface area contributed by atoms with E-state index in [0.717, 1.165) is 49.2 Å². The molecule has 1 N–H and O–H groups in total. The lowest BCUT2D eigenvalue weighted by molar-refractivity contribution is 0.122. The second kappa shape index (κ2) is 8.24. The molecule has 3 aromatic heterocycles. The van der Waals surface area contributed by atoms with E-state index < -0.39 is 0 Å². The van der Waals surface area contributed by atoms with Crippen molar-refractivity contribution < 1.29 is 4.74 Å². The molecular formula is C25H26N6O. The van der Waals surface area contributed by atoms with Crippen molar-refractivity contribution in [3.63, 3.8) is 0 Å². The van der Waals surface area contributed by atoms with E-state index in [4.69, 9.17) is 4.74 Å². The van der Waals surface area contributed by atoms with Crippen molar-refractivity contribution in [3.05, 3.63) is 61.1 Å². The predicted molar refractivity (Wildman–Crippen MR) is 126 cm³/mol. The SMILES string of the molecule is c1cc(-c2ccc3c(cnn3C3CCC3)c2)cc(Nc2ccnc(N3CCOCC3)c2)n1. The molecule has 6 rings (SSSR count). The van der Waals surface area contributed by atoms with Crippen LogP contribution in [0.4, 0.5) is 17.3 Å². The van der Waals surface area contributed by atoms with Crippen molar-refractivity contribution in [1.82, 2.24) is 19.7 Å². The van der Waals surface area contributed by atoms with Crippen LogP contribution in [0.3, 0.4) is 0 Å². The van der Waals surface area contributed by atoms with Crippen molar-refractivity contribution in [3.8, 4) is 11.1 Å². The fourth-order valence-electron chi connectivity index (χ4n) is 4.44. The summed E-state index contributed by atoms with van der Waals surface area (Å²) in [6, 6.07) is 15.3. The lowest BCUT2D eigenvalue weighted by Gasteiger charge is -2.28. The maximum Gasteiger partial charge on any atom is 0.130 e. The largest absolute Gasteiger partial charge is 0.378 e. The Labute approximate surface area is 187 Å². The summed E-state index contributed by atoms with van der Waals surface area (Å²) in [6.45, 7) is 3.22. The van der Waals surface area contributed by atoms with E-state index in [1.54, 1.807) is 0 Å². The number of hydrogen-bond acceptors (Lipinski definition) is 6. The van der Waals surface area contributed by atoms with Crippen LogP contribution >= 0.6 is 0 Å². The Morgan fingerprint density at radius 3 is 2.59 bits per heavy atom. The second-order valence-electron chi connectivity index (χ2n) is 8.50. The number of morpholine rings is 1. The molecule has 0 spiro atoms. The van der Waals surface area contributed by atoms with Gasteiger partial charge >= 0.3 is 0 Å². The molecule has 2 fully saturated rings. The van der Waals surface area contributed by atoms with Crippen LogP contribution in [0.1, 0.15) is 25.3 Å². The Balaban J connectivity index is 1.24. The van der Waals surface area contributed by atoms with E-state index in [1.165, 1.54) is 35.7 Å². The highest BCUT2D eigenvalue weighted by Gasteiger charge is 2.21. The van der Waals surface area contributed by atoms with Gasteiger partial charge in [-0.05, 0) is 60.7 Å². The third kappa shape index (κ3) is 3.69. The van der Waals surface area contributed by atoms with Crippen LogP contribution in [0.25, 0.3) is 22.0 Å². The Morgan fingerprint density at radius 2 is 1.75 bits per heavy atom. The van der Waals surface area contributed by atoms with Crippen molar-refractivity contribution in [1.29, 1.82) is 0 Å². The minimum atomic E-state index is 0.567. The van der Waals surface area contributed by atoms with Gasteiger partial charge in [-0.1, -0.05) is 6.07 Å². The van der Waals surface area contributed by atoms with Crippen LogP contribution < -0.4 is 10.2 Å². The zero-order valence-corrected chi connectivity index (χ0v) is 17.9. The lowest BCUT2D eigenvalue weighted by atomic mass is 9.93. The molecule has 1 aromatic carbocycles. The summed E-state index contributed by atoms with van der Waals surface area (Å²) >= 11 is 0. The molecule has 0 amide bonds. The highest BCUT2D eigenvalue weighted by atomic mass is 16.5. The summed E-state index contributed by atoms with van der Waals surface area (Å²) in [6.07, 6.45) is 9.46. The molecule has 1 aliphatic heterocycles. The molecule has 0 bridgehead atoms. The molecule has 2 aliphatic rings. The molecule has 7 nitrogen and oxygen atoms in total. The number of anilines is 3. The summed E-state index contributed by atoms with van der Waals surface area (Å²) < 4.78 is 7.64. The first-order valence-corrected chi connectivity index (χ1v) is 11.3. The first-order valence-electron chi connectivity index (χ1n) is 11.3. The topological polar surface area (TPSA) is 68.1 Å². The highest BCUT2D eigenvalue weighted by Crippen LogP contribution is 2.34. The zero-order chi connectivity index (χ0) is 21.3.